The molecule has 1 atom stereocenters. The van der Waals surface area contributed by atoms with Crippen LogP contribution in [0.2, 0.25) is 5.02 Å². The van der Waals surface area contributed by atoms with Gasteiger partial charge in [0.15, 0.2) is 5.69 Å². The van der Waals surface area contributed by atoms with Crippen molar-refractivity contribution in [2.75, 3.05) is 13.4 Å². The molecule has 0 N–H and O–H groups in total. The number of hydrogen-bond donors (Lipinski definition) is 0. The molecule has 1 unspecified atom stereocenters. The highest BCUT2D eigenvalue weighted by molar-refractivity contribution is 7.84. The fourth-order valence-corrected chi connectivity index (χ4v) is 3.13. The predicted molar refractivity (Wildman–Crippen MR) is 95.7 cm³/mol. The molecule has 3 aromatic rings. The number of rotatable bonds is 4. The minimum atomic E-state index is -4.62. The number of pyridine rings is 1. The number of nitrogens with zero attached hydrogens (tertiary/aromatic N) is 3. The second kappa shape index (κ2) is 7.32. The van der Waals surface area contributed by atoms with Gasteiger partial charge in [-0.1, -0.05) is 11.6 Å². The fraction of sp³-hybridized carbons (Fsp3) is 0.176. The van der Waals surface area contributed by atoms with Gasteiger partial charge in [-0.2, -0.15) is 18.3 Å². The minimum Gasteiger partial charge on any atom is -0.495 e. The van der Waals surface area contributed by atoms with Gasteiger partial charge in [-0.15, -0.1) is 0 Å². The monoisotopic (exact) mass is 415 g/mol. The zero-order valence-electron chi connectivity index (χ0n) is 14.1. The summed E-state index contributed by atoms with van der Waals surface area (Å²) in [6.07, 6.45) is -1.84. The first-order valence-corrected chi connectivity index (χ1v) is 9.45. The third-order valence-electron chi connectivity index (χ3n) is 3.71. The van der Waals surface area contributed by atoms with E-state index in [1.165, 1.54) is 37.8 Å². The molecule has 0 radical (unpaired) electrons. The second-order valence-electron chi connectivity index (χ2n) is 5.48. The molecule has 0 fully saturated rings. The quantitative estimate of drug-likeness (QED) is 0.635. The van der Waals surface area contributed by atoms with Gasteiger partial charge in [0.05, 0.1) is 40.5 Å². The van der Waals surface area contributed by atoms with Gasteiger partial charge in [-0.05, 0) is 36.4 Å². The molecule has 0 amide bonds. The van der Waals surface area contributed by atoms with E-state index in [0.717, 1.165) is 10.7 Å². The van der Waals surface area contributed by atoms with Gasteiger partial charge in [-0.3, -0.25) is 4.21 Å². The van der Waals surface area contributed by atoms with Crippen molar-refractivity contribution in [3.63, 3.8) is 0 Å². The first kappa shape index (κ1) is 19.4. The summed E-state index contributed by atoms with van der Waals surface area (Å²) in [5.74, 6) is 0.402. The summed E-state index contributed by atoms with van der Waals surface area (Å²) in [6.45, 7) is 0. The van der Waals surface area contributed by atoms with Crippen LogP contribution in [0, 0.1) is 0 Å². The zero-order valence-corrected chi connectivity index (χ0v) is 15.7. The first-order valence-electron chi connectivity index (χ1n) is 7.51. The average Bonchev–Trinajstić information content (AvgIpc) is 3.07. The topological polar surface area (TPSA) is 57.0 Å². The van der Waals surface area contributed by atoms with Crippen LogP contribution in [-0.4, -0.2) is 32.3 Å². The third-order valence-corrected chi connectivity index (χ3v) is 4.83. The Balaban J connectivity index is 2.16. The van der Waals surface area contributed by atoms with Crippen LogP contribution in [0.5, 0.6) is 5.75 Å². The molecular weight excluding hydrogens is 403 g/mol. The van der Waals surface area contributed by atoms with Gasteiger partial charge >= 0.3 is 6.18 Å². The molecule has 2 heterocycles. The van der Waals surface area contributed by atoms with Gasteiger partial charge in [0.2, 0.25) is 0 Å². The maximum absolute atomic E-state index is 13.2. The van der Waals surface area contributed by atoms with Crippen LogP contribution in [0.15, 0.2) is 47.6 Å². The van der Waals surface area contributed by atoms with Gasteiger partial charge in [0.25, 0.3) is 0 Å². The first-order chi connectivity index (χ1) is 12.7. The van der Waals surface area contributed by atoms with Crippen molar-refractivity contribution in [2.45, 2.75) is 11.2 Å². The zero-order chi connectivity index (χ0) is 19.8. The molecule has 0 aliphatic heterocycles. The maximum atomic E-state index is 13.2. The number of methoxy groups -OCH3 is 1. The van der Waals surface area contributed by atoms with E-state index < -0.39 is 22.7 Å². The van der Waals surface area contributed by atoms with E-state index in [0.29, 0.717) is 22.0 Å². The standard InChI is InChI=1S/C17H13ClF3N3O2S/c1-26-14-5-3-10(7-12(14)18)13-8-15(17(19,20)21)23-24(13)11-4-6-16(22-9-11)27(2)25/h3-9H,1-2H3. The van der Waals surface area contributed by atoms with Gasteiger partial charge < -0.3 is 4.74 Å². The number of aromatic nitrogens is 3. The number of hydrogen-bond acceptors (Lipinski definition) is 4. The van der Waals surface area contributed by atoms with E-state index in [9.17, 15) is 17.4 Å². The normalized spacial score (nSPS) is 12.8. The van der Waals surface area contributed by atoms with E-state index in [2.05, 4.69) is 10.1 Å². The summed E-state index contributed by atoms with van der Waals surface area (Å²) < 4.78 is 57.3. The lowest BCUT2D eigenvalue weighted by Gasteiger charge is -2.09. The molecule has 3 rings (SSSR count). The fourth-order valence-electron chi connectivity index (χ4n) is 2.42. The molecule has 0 aliphatic carbocycles. The van der Waals surface area contributed by atoms with E-state index in [1.807, 2.05) is 0 Å². The highest BCUT2D eigenvalue weighted by atomic mass is 35.5. The molecule has 0 saturated heterocycles. The predicted octanol–water partition coefficient (Wildman–Crippen LogP) is 4.35. The van der Waals surface area contributed by atoms with E-state index >= 15 is 0 Å². The Morgan fingerprint density at radius 1 is 1.19 bits per heavy atom. The maximum Gasteiger partial charge on any atom is 0.435 e. The van der Waals surface area contributed by atoms with Crippen LogP contribution in [0.3, 0.4) is 0 Å². The van der Waals surface area contributed by atoms with Crippen LogP contribution >= 0.6 is 11.6 Å². The number of alkyl halides is 3. The average molecular weight is 416 g/mol. The van der Waals surface area contributed by atoms with E-state index in [1.54, 1.807) is 12.1 Å². The van der Waals surface area contributed by atoms with Crippen LogP contribution in [-0.2, 0) is 17.0 Å². The van der Waals surface area contributed by atoms with Crippen molar-refractivity contribution in [2.24, 2.45) is 0 Å². The Kier molecular flexibility index (Phi) is 5.25. The summed E-state index contributed by atoms with van der Waals surface area (Å²) in [5.41, 5.74) is -0.153. The summed E-state index contributed by atoms with van der Waals surface area (Å²) >= 11 is 6.11. The van der Waals surface area contributed by atoms with Crippen molar-refractivity contribution in [1.29, 1.82) is 0 Å². The number of ether oxygens (including phenoxy) is 1. The molecule has 0 bridgehead atoms. The summed E-state index contributed by atoms with van der Waals surface area (Å²) in [4.78, 5) is 4.02. The van der Waals surface area contributed by atoms with Crippen molar-refractivity contribution in [3.8, 4) is 22.7 Å². The van der Waals surface area contributed by atoms with Crippen molar-refractivity contribution in [1.82, 2.24) is 14.8 Å². The largest absolute Gasteiger partial charge is 0.495 e. The molecule has 10 heteroatoms. The van der Waals surface area contributed by atoms with E-state index in [-0.39, 0.29) is 10.7 Å². The highest BCUT2D eigenvalue weighted by Gasteiger charge is 2.35. The molecule has 142 valence electrons. The lowest BCUT2D eigenvalue weighted by Crippen LogP contribution is -2.07. The van der Waals surface area contributed by atoms with Crippen LogP contribution in [0.1, 0.15) is 5.69 Å². The smallest absolute Gasteiger partial charge is 0.435 e. The molecule has 0 aliphatic rings. The Labute approximate surface area is 160 Å². The van der Waals surface area contributed by atoms with Gasteiger partial charge in [0, 0.05) is 11.8 Å². The second-order valence-corrected chi connectivity index (χ2v) is 7.22. The number of halogens is 4. The van der Waals surface area contributed by atoms with E-state index in [4.69, 9.17) is 16.3 Å². The minimum absolute atomic E-state index is 0.180. The van der Waals surface area contributed by atoms with Crippen molar-refractivity contribution >= 4 is 22.4 Å². The SMILES string of the molecule is COc1ccc(-c2cc(C(F)(F)F)nn2-c2ccc(S(C)=O)nc2)cc1Cl. The lowest BCUT2D eigenvalue weighted by atomic mass is 10.1. The van der Waals surface area contributed by atoms with Crippen molar-refractivity contribution in [3.05, 3.63) is 53.3 Å². The third kappa shape index (κ3) is 3.98. The van der Waals surface area contributed by atoms with Crippen LogP contribution in [0.4, 0.5) is 13.2 Å². The van der Waals surface area contributed by atoms with Gasteiger partial charge in [-0.25, -0.2) is 9.67 Å². The summed E-state index contributed by atoms with van der Waals surface area (Å²) in [5, 5.41) is 4.25. The molecule has 0 spiro atoms. The molecule has 2 aromatic heterocycles. The molecule has 1 aromatic carbocycles. The summed E-state index contributed by atoms with van der Waals surface area (Å²) in [6, 6.07) is 8.56. The van der Waals surface area contributed by atoms with Crippen molar-refractivity contribution < 1.29 is 22.1 Å². The Morgan fingerprint density at radius 3 is 2.44 bits per heavy atom. The molecule has 27 heavy (non-hydrogen) atoms. The Morgan fingerprint density at radius 2 is 1.93 bits per heavy atom. The lowest BCUT2D eigenvalue weighted by molar-refractivity contribution is -0.141. The molecule has 5 nitrogen and oxygen atoms in total. The number of benzene rings is 1. The van der Waals surface area contributed by atoms with Gasteiger partial charge in [0.1, 0.15) is 10.8 Å². The molecular formula is C17H13ClF3N3O2S. The Hall–Kier alpha value is -2.39. The van der Waals surface area contributed by atoms with Crippen LogP contribution in [0.25, 0.3) is 16.9 Å². The van der Waals surface area contributed by atoms with Crippen LogP contribution < -0.4 is 4.74 Å². The Bertz CT molecular complexity index is 1000. The summed E-state index contributed by atoms with van der Waals surface area (Å²) in [7, 11) is 0.139. The highest BCUT2D eigenvalue weighted by Crippen LogP contribution is 2.35. The molecule has 0 saturated carbocycles.